The standard InChI is InChI=1S/C24H21N3O3S/c1-3-30-24(29)21-20(17-10-6-4-7-11-17)15-31-22(21)25-14-19-16(2)26-27(23(19)28)18-12-8-5-9-13-18/h4-15,26H,3H2,1-2H3/b25-14+. The molecule has 0 spiro atoms. The Kier molecular flexibility index (Phi) is 5.95. The van der Waals surface area contributed by atoms with Crippen molar-refractivity contribution in [2.45, 2.75) is 13.8 Å². The smallest absolute Gasteiger partial charge is 0.341 e. The molecule has 0 saturated heterocycles. The first kappa shape index (κ1) is 20.6. The third-order valence-electron chi connectivity index (χ3n) is 4.78. The lowest BCUT2D eigenvalue weighted by atomic mass is 10.0. The molecule has 6 nitrogen and oxygen atoms in total. The number of thiophene rings is 1. The fraction of sp³-hybridized carbons (Fsp3) is 0.125. The van der Waals surface area contributed by atoms with Crippen LogP contribution < -0.4 is 5.56 Å². The van der Waals surface area contributed by atoms with Gasteiger partial charge in [-0.2, -0.15) is 0 Å². The van der Waals surface area contributed by atoms with Crippen molar-refractivity contribution in [1.82, 2.24) is 9.78 Å². The highest BCUT2D eigenvalue weighted by Gasteiger charge is 2.21. The molecule has 4 aromatic rings. The predicted molar refractivity (Wildman–Crippen MR) is 124 cm³/mol. The van der Waals surface area contributed by atoms with Gasteiger partial charge in [0, 0.05) is 22.9 Å². The molecule has 0 bridgehead atoms. The fourth-order valence-electron chi connectivity index (χ4n) is 3.27. The minimum absolute atomic E-state index is 0.204. The number of aryl methyl sites for hydroxylation is 1. The lowest BCUT2D eigenvalue weighted by Gasteiger charge is -2.05. The largest absolute Gasteiger partial charge is 0.462 e. The number of esters is 1. The number of nitrogens with zero attached hydrogens (tertiary/aromatic N) is 2. The molecule has 0 aliphatic rings. The van der Waals surface area contributed by atoms with E-state index in [1.54, 1.807) is 6.92 Å². The molecule has 0 fully saturated rings. The van der Waals surface area contributed by atoms with Crippen LogP contribution in [0.3, 0.4) is 0 Å². The lowest BCUT2D eigenvalue weighted by Crippen LogP contribution is -2.17. The second-order valence-corrected chi connectivity index (χ2v) is 7.66. The van der Waals surface area contributed by atoms with E-state index in [0.717, 1.165) is 16.8 Å². The molecule has 4 rings (SSSR count). The predicted octanol–water partition coefficient (Wildman–Crippen LogP) is 5.13. The number of carbonyl (C=O) groups is 1. The summed E-state index contributed by atoms with van der Waals surface area (Å²) in [5.74, 6) is -0.428. The Balaban J connectivity index is 1.75. The molecular weight excluding hydrogens is 410 g/mol. The Hall–Kier alpha value is -3.71. The number of rotatable bonds is 6. The molecule has 0 aliphatic carbocycles. The van der Waals surface area contributed by atoms with E-state index in [4.69, 9.17) is 4.74 Å². The van der Waals surface area contributed by atoms with E-state index >= 15 is 0 Å². The Labute approximate surface area is 183 Å². The van der Waals surface area contributed by atoms with Gasteiger partial charge in [-0.05, 0) is 31.5 Å². The second kappa shape index (κ2) is 8.97. The highest BCUT2D eigenvalue weighted by molar-refractivity contribution is 7.14. The number of carbonyl (C=O) groups excluding carboxylic acids is 1. The maximum atomic E-state index is 12.9. The summed E-state index contributed by atoms with van der Waals surface area (Å²) < 4.78 is 6.75. The molecule has 31 heavy (non-hydrogen) atoms. The number of ether oxygens (including phenoxy) is 1. The molecule has 0 aliphatic heterocycles. The number of nitrogens with one attached hydrogen (secondary N) is 1. The van der Waals surface area contributed by atoms with Crippen LogP contribution >= 0.6 is 11.3 Å². The molecule has 0 atom stereocenters. The number of hydrogen-bond donors (Lipinski definition) is 1. The molecule has 2 aromatic carbocycles. The summed E-state index contributed by atoms with van der Waals surface area (Å²) in [5, 5.41) is 5.47. The third kappa shape index (κ3) is 4.13. The molecular formula is C24H21N3O3S. The highest BCUT2D eigenvalue weighted by atomic mass is 32.1. The lowest BCUT2D eigenvalue weighted by molar-refractivity contribution is 0.0529. The molecule has 0 unspecified atom stereocenters. The Morgan fingerprint density at radius 2 is 1.81 bits per heavy atom. The van der Waals surface area contributed by atoms with Crippen LogP contribution in [-0.2, 0) is 4.74 Å². The minimum Gasteiger partial charge on any atom is -0.462 e. The van der Waals surface area contributed by atoms with Crippen molar-refractivity contribution >= 4 is 28.5 Å². The normalized spacial score (nSPS) is 11.2. The van der Waals surface area contributed by atoms with Gasteiger partial charge in [0.15, 0.2) is 0 Å². The number of benzene rings is 2. The fourth-order valence-corrected chi connectivity index (χ4v) is 4.18. The number of aromatic amines is 1. The van der Waals surface area contributed by atoms with Crippen LogP contribution in [-0.4, -0.2) is 28.6 Å². The van der Waals surface area contributed by atoms with Crippen LogP contribution in [0.2, 0.25) is 0 Å². The van der Waals surface area contributed by atoms with Crippen LogP contribution in [0.1, 0.15) is 28.5 Å². The third-order valence-corrected chi connectivity index (χ3v) is 5.66. The maximum absolute atomic E-state index is 12.9. The van der Waals surface area contributed by atoms with Crippen LogP contribution in [0.4, 0.5) is 5.00 Å². The van der Waals surface area contributed by atoms with Crippen molar-refractivity contribution in [3.05, 3.63) is 93.2 Å². The Morgan fingerprint density at radius 3 is 2.48 bits per heavy atom. The summed E-state index contributed by atoms with van der Waals surface area (Å²) in [5.41, 5.74) is 3.75. The first-order chi connectivity index (χ1) is 15.1. The van der Waals surface area contributed by atoms with Gasteiger partial charge in [-0.1, -0.05) is 48.5 Å². The van der Waals surface area contributed by atoms with Gasteiger partial charge in [0.1, 0.15) is 10.6 Å². The van der Waals surface area contributed by atoms with Gasteiger partial charge in [-0.3, -0.25) is 9.89 Å². The van der Waals surface area contributed by atoms with Crippen molar-refractivity contribution in [3.8, 4) is 16.8 Å². The summed E-state index contributed by atoms with van der Waals surface area (Å²) in [4.78, 5) is 30.1. The number of H-pyrrole nitrogens is 1. The molecule has 0 amide bonds. The number of para-hydroxylation sites is 1. The first-order valence-electron chi connectivity index (χ1n) is 9.85. The van der Waals surface area contributed by atoms with Crippen LogP contribution in [0.15, 0.2) is 75.8 Å². The number of hydrogen-bond acceptors (Lipinski definition) is 5. The van der Waals surface area contributed by atoms with Gasteiger partial charge in [0.2, 0.25) is 0 Å². The van der Waals surface area contributed by atoms with Gasteiger partial charge in [-0.25, -0.2) is 14.5 Å². The quantitative estimate of drug-likeness (QED) is 0.340. The molecule has 0 radical (unpaired) electrons. The number of aromatic nitrogens is 2. The van der Waals surface area contributed by atoms with Gasteiger partial charge in [0.25, 0.3) is 5.56 Å². The van der Waals surface area contributed by atoms with Crippen molar-refractivity contribution in [1.29, 1.82) is 0 Å². The monoisotopic (exact) mass is 431 g/mol. The van der Waals surface area contributed by atoms with E-state index in [2.05, 4.69) is 10.1 Å². The van der Waals surface area contributed by atoms with E-state index in [0.29, 0.717) is 21.8 Å². The van der Waals surface area contributed by atoms with Crippen molar-refractivity contribution in [2.24, 2.45) is 4.99 Å². The second-order valence-electron chi connectivity index (χ2n) is 6.80. The Bertz CT molecular complexity index is 1280. The van der Waals surface area contributed by atoms with Crippen LogP contribution in [0.5, 0.6) is 0 Å². The van der Waals surface area contributed by atoms with Crippen LogP contribution in [0.25, 0.3) is 16.8 Å². The maximum Gasteiger partial charge on any atom is 0.341 e. The van der Waals surface area contributed by atoms with E-state index in [-0.39, 0.29) is 12.2 Å². The SMILES string of the molecule is CCOC(=O)c1c(-c2ccccc2)csc1/N=C/c1c(C)[nH]n(-c2ccccc2)c1=O. The summed E-state index contributed by atoms with van der Waals surface area (Å²) in [7, 11) is 0. The Morgan fingerprint density at radius 1 is 1.13 bits per heavy atom. The van der Waals surface area contributed by atoms with Gasteiger partial charge in [0.05, 0.1) is 17.9 Å². The van der Waals surface area contributed by atoms with Crippen molar-refractivity contribution in [3.63, 3.8) is 0 Å². The molecule has 7 heteroatoms. The molecule has 156 valence electrons. The minimum atomic E-state index is -0.428. The van der Waals surface area contributed by atoms with E-state index in [1.165, 1.54) is 22.2 Å². The summed E-state index contributed by atoms with van der Waals surface area (Å²) >= 11 is 1.34. The molecule has 2 aromatic heterocycles. The van der Waals surface area contributed by atoms with E-state index in [9.17, 15) is 9.59 Å². The molecule has 1 N–H and O–H groups in total. The van der Waals surface area contributed by atoms with Crippen molar-refractivity contribution in [2.75, 3.05) is 6.61 Å². The van der Waals surface area contributed by atoms with Gasteiger partial charge in [-0.15, -0.1) is 11.3 Å². The van der Waals surface area contributed by atoms with Gasteiger partial charge >= 0.3 is 5.97 Å². The highest BCUT2D eigenvalue weighted by Crippen LogP contribution is 2.38. The first-order valence-corrected chi connectivity index (χ1v) is 10.7. The average molecular weight is 432 g/mol. The average Bonchev–Trinajstić information content (AvgIpc) is 3.34. The molecule has 0 saturated carbocycles. The summed E-state index contributed by atoms with van der Waals surface area (Å²) in [6, 6.07) is 19.0. The van der Waals surface area contributed by atoms with Crippen LogP contribution in [0, 0.1) is 6.92 Å². The molecule has 2 heterocycles. The summed E-state index contributed by atoms with van der Waals surface area (Å²) in [6.07, 6.45) is 1.51. The number of aliphatic imine (C=N–C) groups is 1. The van der Waals surface area contributed by atoms with E-state index < -0.39 is 5.97 Å². The summed E-state index contributed by atoms with van der Waals surface area (Å²) in [6.45, 7) is 3.85. The van der Waals surface area contributed by atoms with E-state index in [1.807, 2.05) is 73.0 Å². The van der Waals surface area contributed by atoms with Gasteiger partial charge < -0.3 is 4.74 Å². The zero-order chi connectivity index (χ0) is 21.8. The zero-order valence-corrected chi connectivity index (χ0v) is 18.0. The van der Waals surface area contributed by atoms with Crippen molar-refractivity contribution < 1.29 is 9.53 Å². The zero-order valence-electron chi connectivity index (χ0n) is 17.2. The topological polar surface area (TPSA) is 76.4 Å².